The lowest BCUT2D eigenvalue weighted by atomic mass is 9.94. The highest BCUT2D eigenvalue weighted by Gasteiger charge is 2.46. The van der Waals surface area contributed by atoms with Crippen LogP contribution in [0.3, 0.4) is 0 Å². The van der Waals surface area contributed by atoms with Gasteiger partial charge in [-0.25, -0.2) is 0 Å². The van der Waals surface area contributed by atoms with Crippen LogP contribution in [-0.2, 0) is 14.3 Å². The maximum Gasteiger partial charge on any atom is 0.295 e. The number of aliphatic hydroxyl groups is 1. The van der Waals surface area contributed by atoms with Crippen LogP contribution in [-0.4, -0.2) is 62.8 Å². The van der Waals surface area contributed by atoms with Crippen molar-refractivity contribution in [1.82, 2.24) is 4.90 Å². The molecular formula is C27H33NO7. The van der Waals surface area contributed by atoms with Crippen LogP contribution in [0.25, 0.3) is 5.76 Å². The number of rotatable bonds is 11. The first kappa shape index (κ1) is 26.1. The van der Waals surface area contributed by atoms with Gasteiger partial charge in [-0.2, -0.15) is 0 Å². The molecule has 1 fully saturated rings. The number of likely N-dealkylation sites (tertiary alicyclic amines) is 1. The fourth-order valence-corrected chi connectivity index (χ4v) is 3.98. The van der Waals surface area contributed by atoms with Gasteiger partial charge in [-0.05, 0) is 48.7 Å². The normalized spacial score (nSPS) is 17.2. The highest BCUT2D eigenvalue weighted by Crippen LogP contribution is 2.43. The van der Waals surface area contributed by atoms with Crippen LogP contribution in [0.4, 0.5) is 0 Å². The highest BCUT2D eigenvalue weighted by atomic mass is 16.5. The number of ketones is 1. The molecule has 1 N–H and O–H groups in total. The quantitative estimate of drug-likeness (QED) is 0.222. The lowest BCUT2D eigenvalue weighted by molar-refractivity contribution is -0.140. The van der Waals surface area contributed by atoms with Gasteiger partial charge in [0, 0.05) is 37.5 Å². The van der Waals surface area contributed by atoms with Gasteiger partial charge in [-0.15, -0.1) is 0 Å². The Bertz CT molecular complexity index is 1080. The van der Waals surface area contributed by atoms with Crippen molar-refractivity contribution in [3.05, 3.63) is 59.2 Å². The van der Waals surface area contributed by atoms with Gasteiger partial charge in [0.05, 0.1) is 32.4 Å². The average Bonchev–Trinajstić information content (AvgIpc) is 3.11. The van der Waals surface area contributed by atoms with Gasteiger partial charge in [0.25, 0.3) is 11.7 Å². The van der Waals surface area contributed by atoms with Crippen LogP contribution < -0.4 is 14.2 Å². The highest BCUT2D eigenvalue weighted by molar-refractivity contribution is 6.46. The Hall–Kier alpha value is -3.52. The van der Waals surface area contributed by atoms with E-state index in [0.717, 1.165) is 0 Å². The number of amides is 1. The molecule has 1 atom stereocenters. The maximum atomic E-state index is 13.2. The van der Waals surface area contributed by atoms with E-state index in [4.69, 9.17) is 18.9 Å². The number of hydrogen-bond acceptors (Lipinski definition) is 7. The molecule has 1 amide bonds. The lowest BCUT2D eigenvalue weighted by Crippen LogP contribution is -2.31. The van der Waals surface area contributed by atoms with Crippen molar-refractivity contribution >= 4 is 17.4 Å². The largest absolute Gasteiger partial charge is 0.507 e. The summed E-state index contributed by atoms with van der Waals surface area (Å²) in [7, 11) is 4.62. The average molecular weight is 484 g/mol. The molecule has 188 valence electrons. The number of aliphatic hydroxyl groups excluding tert-OH is 1. The zero-order valence-corrected chi connectivity index (χ0v) is 20.9. The van der Waals surface area contributed by atoms with Crippen molar-refractivity contribution < 1.29 is 33.6 Å². The van der Waals surface area contributed by atoms with Crippen molar-refractivity contribution in [3.8, 4) is 17.2 Å². The summed E-state index contributed by atoms with van der Waals surface area (Å²) in [5.74, 6) is 0.358. The maximum absolute atomic E-state index is 13.2. The van der Waals surface area contributed by atoms with Crippen LogP contribution in [0.2, 0.25) is 0 Å². The Labute approximate surface area is 206 Å². The Morgan fingerprint density at radius 2 is 1.69 bits per heavy atom. The Kier molecular flexibility index (Phi) is 8.76. The molecule has 8 heteroatoms. The van der Waals surface area contributed by atoms with E-state index in [0.29, 0.717) is 53.9 Å². The third kappa shape index (κ3) is 5.77. The standard InChI is InChI=1S/C27H33NO7/c1-17(2)16-35-19-9-7-18(8-10-19)25(29)23-24(21-12-11-20(33-4)15-22(21)34-5)28(13-6-14-32-3)27(31)26(23)30/h7-12,15,17,24,29H,6,13-14,16H2,1-5H3/b25-23-. The van der Waals surface area contributed by atoms with E-state index >= 15 is 0 Å². The molecule has 0 saturated carbocycles. The summed E-state index contributed by atoms with van der Waals surface area (Å²) in [6.07, 6.45) is 0.528. The monoisotopic (exact) mass is 483 g/mol. The van der Waals surface area contributed by atoms with Crippen molar-refractivity contribution in [2.24, 2.45) is 5.92 Å². The molecule has 1 aliphatic heterocycles. The van der Waals surface area contributed by atoms with Crippen LogP contribution in [0, 0.1) is 5.92 Å². The minimum atomic E-state index is -0.829. The third-order valence-corrected chi connectivity index (χ3v) is 5.73. The fourth-order valence-electron chi connectivity index (χ4n) is 3.98. The second-order valence-electron chi connectivity index (χ2n) is 8.68. The minimum Gasteiger partial charge on any atom is -0.507 e. The summed E-state index contributed by atoms with van der Waals surface area (Å²) in [4.78, 5) is 27.7. The molecule has 1 unspecified atom stereocenters. The van der Waals surface area contributed by atoms with Crippen molar-refractivity contribution in [1.29, 1.82) is 0 Å². The molecule has 0 bridgehead atoms. The molecular weight excluding hydrogens is 450 g/mol. The number of methoxy groups -OCH3 is 3. The number of carbonyl (C=O) groups excluding carboxylic acids is 2. The van der Waals surface area contributed by atoms with Gasteiger partial charge >= 0.3 is 0 Å². The molecule has 35 heavy (non-hydrogen) atoms. The number of benzene rings is 2. The molecule has 2 aromatic carbocycles. The van der Waals surface area contributed by atoms with Crippen molar-refractivity contribution in [2.75, 3.05) is 41.1 Å². The number of nitrogens with zero attached hydrogens (tertiary/aromatic N) is 1. The Balaban J connectivity index is 2.08. The summed E-state index contributed by atoms with van der Waals surface area (Å²) in [6.45, 7) is 5.37. The van der Waals surface area contributed by atoms with Crippen LogP contribution in [0.5, 0.6) is 17.2 Å². The van der Waals surface area contributed by atoms with E-state index in [1.54, 1.807) is 56.7 Å². The summed E-state index contributed by atoms with van der Waals surface area (Å²) in [5.41, 5.74) is 0.990. The number of Topliss-reactive ketones (excluding diaryl/α,β-unsaturated/α-hetero) is 1. The molecule has 0 aliphatic carbocycles. The molecule has 3 rings (SSSR count). The predicted octanol–water partition coefficient (Wildman–Crippen LogP) is 4.20. The molecule has 1 aliphatic rings. The van der Waals surface area contributed by atoms with Crippen molar-refractivity contribution in [2.45, 2.75) is 26.3 Å². The molecule has 1 saturated heterocycles. The lowest BCUT2D eigenvalue weighted by Gasteiger charge is -2.26. The van der Waals surface area contributed by atoms with Crippen molar-refractivity contribution in [3.63, 3.8) is 0 Å². The molecule has 2 aromatic rings. The first-order chi connectivity index (χ1) is 16.8. The topological polar surface area (TPSA) is 94.5 Å². The summed E-state index contributed by atoms with van der Waals surface area (Å²) < 4.78 is 21.7. The van der Waals surface area contributed by atoms with E-state index in [2.05, 4.69) is 13.8 Å². The summed E-state index contributed by atoms with van der Waals surface area (Å²) in [5, 5.41) is 11.3. The number of carbonyl (C=O) groups is 2. The fraction of sp³-hybridized carbons (Fsp3) is 0.407. The molecule has 0 radical (unpaired) electrons. The molecule has 1 heterocycles. The molecule has 8 nitrogen and oxygen atoms in total. The smallest absolute Gasteiger partial charge is 0.295 e. The number of ether oxygens (including phenoxy) is 4. The predicted molar refractivity (Wildman–Crippen MR) is 132 cm³/mol. The van der Waals surface area contributed by atoms with Gasteiger partial charge in [-0.1, -0.05) is 13.8 Å². The van der Waals surface area contributed by atoms with E-state index in [1.165, 1.54) is 12.0 Å². The van der Waals surface area contributed by atoms with Gasteiger partial charge in [0.15, 0.2) is 0 Å². The van der Waals surface area contributed by atoms with Gasteiger partial charge < -0.3 is 29.0 Å². The molecule has 0 spiro atoms. The van der Waals surface area contributed by atoms with E-state index < -0.39 is 17.7 Å². The summed E-state index contributed by atoms with van der Waals surface area (Å²) in [6, 6.07) is 11.1. The second-order valence-corrected chi connectivity index (χ2v) is 8.68. The molecule has 0 aromatic heterocycles. The van der Waals surface area contributed by atoms with Crippen LogP contribution in [0.1, 0.15) is 37.4 Å². The first-order valence-electron chi connectivity index (χ1n) is 11.5. The Morgan fingerprint density at radius 1 is 1.00 bits per heavy atom. The first-order valence-corrected chi connectivity index (χ1v) is 11.5. The number of hydrogen-bond donors (Lipinski definition) is 1. The third-order valence-electron chi connectivity index (χ3n) is 5.73. The van der Waals surface area contributed by atoms with Crippen LogP contribution >= 0.6 is 0 Å². The zero-order chi connectivity index (χ0) is 25.5. The minimum absolute atomic E-state index is 0.00623. The van der Waals surface area contributed by atoms with Gasteiger partial charge in [0.2, 0.25) is 0 Å². The second kappa shape index (κ2) is 11.8. The summed E-state index contributed by atoms with van der Waals surface area (Å²) >= 11 is 0. The van der Waals surface area contributed by atoms with E-state index in [1.807, 2.05) is 0 Å². The van der Waals surface area contributed by atoms with Crippen LogP contribution in [0.15, 0.2) is 48.0 Å². The van der Waals surface area contributed by atoms with Gasteiger partial charge in [-0.3, -0.25) is 9.59 Å². The SMILES string of the molecule is COCCCN1C(=O)C(=O)/C(=C(\O)c2ccc(OCC(C)C)cc2)C1c1ccc(OC)cc1OC. The van der Waals surface area contributed by atoms with Gasteiger partial charge in [0.1, 0.15) is 23.0 Å². The van der Waals surface area contributed by atoms with E-state index in [9.17, 15) is 14.7 Å². The Morgan fingerprint density at radius 3 is 2.29 bits per heavy atom. The zero-order valence-electron chi connectivity index (χ0n) is 20.9. The van der Waals surface area contributed by atoms with E-state index in [-0.39, 0.29) is 17.9 Å².